The summed E-state index contributed by atoms with van der Waals surface area (Å²) in [6, 6.07) is 7.04. The summed E-state index contributed by atoms with van der Waals surface area (Å²) in [5, 5.41) is 0. The van der Waals surface area contributed by atoms with Gasteiger partial charge in [-0.15, -0.1) is 0 Å². The molecule has 0 aliphatic heterocycles. The van der Waals surface area contributed by atoms with Crippen LogP contribution in [0.5, 0.6) is 5.75 Å². The minimum Gasteiger partial charge on any atom is -0.426 e. The molecule has 78 valence electrons. The maximum Gasteiger partial charge on any atom is 0.308 e. The van der Waals surface area contributed by atoms with E-state index in [0.29, 0.717) is 11.3 Å². The summed E-state index contributed by atoms with van der Waals surface area (Å²) in [5.74, 6) is 0.0359. The molecule has 0 N–H and O–H groups in total. The maximum atomic E-state index is 10.8. The Bertz CT molecular complexity index is 405. The average Bonchev–Trinajstić information content (AvgIpc) is 2.15. The van der Waals surface area contributed by atoms with E-state index in [2.05, 4.69) is 0 Å². The molecule has 0 bridgehead atoms. The second kappa shape index (κ2) is 5.10. The number of allylic oxidation sites excluding steroid dienone is 1. The number of benzene rings is 1. The van der Waals surface area contributed by atoms with Gasteiger partial charge in [-0.2, -0.15) is 0 Å². The predicted octanol–water partition coefficient (Wildman–Crippen LogP) is 2.21. The molecule has 3 nitrogen and oxygen atoms in total. The summed E-state index contributed by atoms with van der Waals surface area (Å²) in [5.41, 5.74) is 0.711. The minimum absolute atomic E-state index is 0.0485. The molecule has 0 amide bonds. The fraction of sp³-hybridized carbons (Fsp3) is 0.167. The second-order valence-corrected chi connectivity index (χ2v) is 3.08. The quantitative estimate of drug-likeness (QED) is 0.430. The number of carbonyl (C=O) groups excluding carboxylic acids is 2. The van der Waals surface area contributed by atoms with Gasteiger partial charge in [-0.1, -0.05) is 18.2 Å². The number of ether oxygens (including phenoxy) is 1. The molecule has 3 heteroatoms. The number of esters is 1. The zero-order valence-electron chi connectivity index (χ0n) is 8.69. The summed E-state index contributed by atoms with van der Waals surface area (Å²) >= 11 is 0. The number of carbonyl (C=O) groups is 2. The van der Waals surface area contributed by atoms with Crippen LogP contribution in [0.25, 0.3) is 6.08 Å². The van der Waals surface area contributed by atoms with E-state index in [1.807, 2.05) is 6.07 Å². The van der Waals surface area contributed by atoms with E-state index in [9.17, 15) is 9.59 Å². The Balaban J connectivity index is 2.95. The lowest BCUT2D eigenvalue weighted by atomic mass is 10.2. The monoisotopic (exact) mass is 204 g/mol. The van der Waals surface area contributed by atoms with Gasteiger partial charge in [-0.3, -0.25) is 9.59 Å². The lowest BCUT2D eigenvalue weighted by molar-refractivity contribution is -0.131. The summed E-state index contributed by atoms with van der Waals surface area (Å²) in [7, 11) is 0. The largest absolute Gasteiger partial charge is 0.426 e. The number of ketones is 1. The van der Waals surface area contributed by atoms with Gasteiger partial charge in [0.25, 0.3) is 0 Å². The van der Waals surface area contributed by atoms with E-state index >= 15 is 0 Å². The number of hydrogen-bond acceptors (Lipinski definition) is 3. The van der Waals surface area contributed by atoms with Gasteiger partial charge in [0, 0.05) is 12.5 Å². The van der Waals surface area contributed by atoms with Crippen LogP contribution in [0, 0.1) is 0 Å². The van der Waals surface area contributed by atoms with Gasteiger partial charge in [-0.25, -0.2) is 0 Å². The summed E-state index contributed by atoms with van der Waals surface area (Å²) < 4.78 is 4.98. The molecule has 0 aliphatic carbocycles. The molecule has 0 atom stereocenters. The SMILES string of the molecule is CC(=O)C=Cc1ccccc1OC(C)=O. The summed E-state index contributed by atoms with van der Waals surface area (Å²) in [6.07, 6.45) is 3.06. The van der Waals surface area contributed by atoms with E-state index in [0.717, 1.165) is 0 Å². The Hall–Kier alpha value is -1.90. The number of hydrogen-bond donors (Lipinski definition) is 0. The van der Waals surface area contributed by atoms with Gasteiger partial charge < -0.3 is 4.74 Å². The highest BCUT2D eigenvalue weighted by atomic mass is 16.5. The van der Waals surface area contributed by atoms with Crippen molar-refractivity contribution >= 4 is 17.8 Å². The topological polar surface area (TPSA) is 43.4 Å². The highest BCUT2D eigenvalue weighted by Crippen LogP contribution is 2.19. The molecule has 0 saturated carbocycles. The minimum atomic E-state index is -0.376. The molecular weight excluding hydrogens is 192 g/mol. The third kappa shape index (κ3) is 3.77. The van der Waals surface area contributed by atoms with Crippen molar-refractivity contribution in [3.63, 3.8) is 0 Å². The Kier molecular flexibility index (Phi) is 3.80. The van der Waals surface area contributed by atoms with Crippen LogP contribution < -0.4 is 4.74 Å². The van der Waals surface area contributed by atoms with Gasteiger partial charge in [0.05, 0.1) is 0 Å². The van der Waals surface area contributed by atoms with Crippen molar-refractivity contribution in [1.29, 1.82) is 0 Å². The Morgan fingerprint density at radius 1 is 1.20 bits per heavy atom. The van der Waals surface area contributed by atoms with Crippen LogP contribution in [0.1, 0.15) is 19.4 Å². The second-order valence-electron chi connectivity index (χ2n) is 3.08. The van der Waals surface area contributed by atoms with Gasteiger partial charge in [0.1, 0.15) is 5.75 Å². The van der Waals surface area contributed by atoms with Crippen LogP contribution in [-0.2, 0) is 9.59 Å². The first kappa shape index (κ1) is 11.2. The van der Waals surface area contributed by atoms with Crippen molar-refractivity contribution in [3.05, 3.63) is 35.9 Å². The van der Waals surface area contributed by atoms with E-state index < -0.39 is 0 Å². The molecule has 0 aromatic heterocycles. The highest BCUT2D eigenvalue weighted by Gasteiger charge is 2.02. The van der Waals surface area contributed by atoms with Crippen LogP contribution >= 0.6 is 0 Å². The zero-order chi connectivity index (χ0) is 11.3. The first-order valence-electron chi connectivity index (χ1n) is 4.55. The fourth-order valence-corrected chi connectivity index (χ4v) is 1.07. The molecule has 0 saturated heterocycles. The molecule has 0 radical (unpaired) electrons. The van der Waals surface area contributed by atoms with Crippen LogP contribution in [0.3, 0.4) is 0 Å². The van der Waals surface area contributed by atoms with Gasteiger partial charge >= 0.3 is 5.97 Å². The molecule has 1 aromatic rings. The Morgan fingerprint density at radius 2 is 1.87 bits per heavy atom. The van der Waals surface area contributed by atoms with E-state index in [1.165, 1.54) is 19.9 Å². The number of para-hydroxylation sites is 1. The smallest absolute Gasteiger partial charge is 0.308 e. The Morgan fingerprint density at radius 3 is 2.47 bits per heavy atom. The zero-order valence-corrected chi connectivity index (χ0v) is 8.69. The van der Waals surface area contributed by atoms with E-state index in [4.69, 9.17) is 4.74 Å². The highest BCUT2D eigenvalue weighted by molar-refractivity contribution is 5.92. The molecule has 1 rings (SSSR count). The van der Waals surface area contributed by atoms with Crippen LogP contribution in [0.4, 0.5) is 0 Å². The molecule has 1 aromatic carbocycles. The van der Waals surface area contributed by atoms with Crippen molar-refractivity contribution < 1.29 is 14.3 Å². The molecule has 0 aliphatic rings. The van der Waals surface area contributed by atoms with E-state index in [1.54, 1.807) is 24.3 Å². The summed E-state index contributed by atoms with van der Waals surface area (Å²) in [6.45, 7) is 2.80. The maximum absolute atomic E-state index is 10.8. The normalized spacial score (nSPS) is 10.3. The first-order valence-corrected chi connectivity index (χ1v) is 4.55. The lowest BCUT2D eigenvalue weighted by Crippen LogP contribution is -2.02. The van der Waals surface area contributed by atoms with Gasteiger partial charge in [0.15, 0.2) is 5.78 Å². The van der Waals surface area contributed by atoms with E-state index in [-0.39, 0.29) is 11.8 Å². The average molecular weight is 204 g/mol. The molecule has 0 spiro atoms. The summed E-state index contributed by atoms with van der Waals surface area (Å²) in [4.78, 5) is 21.5. The molecule has 0 fully saturated rings. The first-order chi connectivity index (χ1) is 7.09. The third-order valence-corrected chi connectivity index (χ3v) is 1.67. The molecule has 15 heavy (non-hydrogen) atoms. The standard InChI is InChI=1S/C12H12O3/c1-9(13)7-8-11-5-3-4-6-12(11)15-10(2)14/h3-8H,1-2H3. The molecular formula is C12H12O3. The molecule has 0 heterocycles. The van der Waals surface area contributed by atoms with Crippen molar-refractivity contribution in [2.24, 2.45) is 0 Å². The van der Waals surface area contributed by atoms with Crippen molar-refractivity contribution in [3.8, 4) is 5.75 Å². The third-order valence-electron chi connectivity index (χ3n) is 1.67. The predicted molar refractivity (Wildman–Crippen MR) is 57.5 cm³/mol. The lowest BCUT2D eigenvalue weighted by Gasteiger charge is -2.04. The van der Waals surface area contributed by atoms with Crippen molar-refractivity contribution in [2.45, 2.75) is 13.8 Å². The van der Waals surface area contributed by atoms with Crippen LogP contribution in [0.15, 0.2) is 30.3 Å². The van der Waals surface area contributed by atoms with Crippen LogP contribution in [0.2, 0.25) is 0 Å². The number of rotatable bonds is 3. The van der Waals surface area contributed by atoms with Gasteiger partial charge in [-0.05, 0) is 25.1 Å². The fourth-order valence-electron chi connectivity index (χ4n) is 1.07. The Labute approximate surface area is 88.4 Å². The van der Waals surface area contributed by atoms with Crippen molar-refractivity contribution in [1.82, 2.24) is 0 Å². The molecule has 0 unspecified atom stereocenters. The van der Waals surface area contributed by atoms with Crippen molar-refractivity contribution in [2.75, 3.05) is 0 Å². The van der Waals surface area contributed by atoms with Crippen LogP contribution in [-0.4, -0.2) is 11.8 Å². The van der Waals surface area contributed by atoms with Gasteiger partial charge in [0.2, 0.25) is 0 Å².